The first kappa shape index (κ1) is 10.3. The molecule has 0 fully saturated rings. The van der Waals surface area contributed by atoms with Crippen LogP contribution in [0.1, 0.15) is 5.56 Å². The average Bonchev–Trinajstić information content (AvgIpc) is 2.17. The van der Waals surface area contributed by atoms with Crippen molar-refractivity contribution in [2.24, 2.45) is 0 Å². The molecule has 14 heavy (non-hydrogen) atoms. The highest BCUT2D eigenvalue weighted by Crippen LogP contribution is 2.36. The van der Waals surface area contributed by atoms with Gasteiger partial charge in [-0.25, -0.2) is 0 Å². The van der Waals surface area contributed by atoms with Crippen molar-refractivity contribution in [2.75, 3.05) is 13.2 Å². The number of benzene rings is 1. The average molecular weight is 323 g/mol. The van der Waals surface area contributed by atoms with Gasteiger partial charge in [-0.2, -0.15) is 0 Å². The third-order valence-electron chi connectivity index (χ3n) is 2.11. The van der Waals surface area contributed by atoms with Gasteiger partial charge in [0.15, 0.2) is 0 Å². The summed E-state index contributed by atoms with van der Waals surface area (Å²) in [7, 11) is 0. The van der Waals surface area contributed by atoms with Crippen molar-refractivity contribution in [1.29, 1.82) is 0 Å². The van der Waals surface area contributed by atoms with Crippen molar-refractivity contribution in [2.45, 2.75) is 0 Å². The summed E-state index contributed by atoms with van der Waals surface area (Å²) in [5.74, 6) is 0.791. The topological polar surface area (TPSA) is 29.5 Å². The van der Waals surface area contributed by atoms with Crippen LogP contribution in [0.3, 0.4) is 0 Å². The molecule has 2 nitrogen and oxygen atoms in total. The van der Waals surface area contributed by atoms with Crippen molar-refractivity contribution >= 4 is 39.8 Å². The summed E-state index contributed by atoms with van der Waals surface area (Å²) in [5, 5.41) is 9.89. The smallest absolute Gasteiger partial charge is 0.127 e. The first-order chi connectivity index (χ1) is 6.72. The zero-order valence-electron chi connectivity index (χ0n) is 7.26. The summed E-state index contributed by atoms with van der Waals surface area (Å²) < 4.78 is 6.52. The Morgan fingerprint density at radius 3 is 3.00 bits per heavy atom. The lowest BCUT2D eigenvalue weighted by molar-refractivity contribution is 0.332. The minimum absolute atomic E-state index is 0.0228. The highest BCUT2D eigenvalue weighted by molar-refractivity contribution is 14.1. The van der Waals surface area contributed by atoms with E-state index in [2.05, 4.69) is 22.6 Å². The molecule has 0 amide bonds. The highest BCUT2D eigenvalue weighted by atomic mass is 127. The molecule has 0 saturated heterocycles. The number of hydrogen-bond donors (Lipinski definition) is 1. The number of aliphatic hydroxyl groups is 1. The van der Waals surface area contributed by atoms with Gasteiger partial charge < -0.3 is 9.84 Å². The van der Waals surface area contributed by atoms with Gasteiger partial charge >= 0.3 is 0 Å². The van der Waals surface area contributed by atoms with Crippen molar-refractivity contribution in [3.63, 3.8) is 0 Å². The van der Waals surface area contributed by atoms with Crippen LogP contribution in [0, 0.1) is 0 Å². The molecule has 1 aromatic rings. The Bertz CT molecular complexity index is 401. The summed E-state index contributed by atoms with van der Waals surface area (Å²) >= 11 is 8.06. The summed E-state index contributed by atoms with van der Waals surface area (Å²) in [6, 6.07) is 5.43. The zero-order chi connectivity index (χ0) is 10.1. The Labute approximate surface area is 101 Å². The van der Waals surface area contributed by atoms with E-state index in [1.165, 1.54) is 0 Å². The Morgan fingerprint density at radius 2 is 2.29 bits per heavy atom. The van der Waals surface area contributed by atoms with Gasteiger partial charge in [-0.1, -0.05) is 11.6 Å². The number of rotatable bonds is 1. The number of halogens is 2. The Morgan fingerprint density at radius 1 is 1.50 bits per heavy atom. The van der Waals surface area contributed by atoms with Crippen LogP contribution in [0.4, 0.5) is 0 Å². The second-order valence-corrected chi connectivity index (χ2v) is 4.71. The predicted molar refractivity (Wildman–Crippen MR) is 65.0 cm³/mol. The molecule has 1 aliphatic rings. The molecule has 0 aromatic heterocycles. The summed E-state index contributed by atoms with van der Waals surface area (Å²) in [6.07, 6.45) is 0. The van der Waals surface area contributed by atoms with Crippen LogP contribution >= 0.6 is 34.2 Å². The van der Waals surface area contributed by atoms with Crippen molar-refractivity contribution in [3.05, 3.63) is 32.4 Å². The van der Waals surface area contributed by atoms with Crippen molar-refractivity contribution < 1.29 is 9.84 Å². The molecule has 0 saturated carbocycles. The molecule has 4 heteroatoms. The van der Waals surface area contributed by atoms with Gasteiger partial charge in [0.05, 0.1) is 6.61 Å². The molecule has 0 atom stereocenters. The summed E-state index contributed by atoms with van der Waals surface area (Å²) in [6.45, 7) is 0.556. The number of fused-ring (bicyclic) bond motifs is 1. The van der Waals surface area contributed by atoms with E-state index in [-0.39, 0.29) is 6.61 Å². The minimum atomic E-state index is 0.0228. The second kappa shape index (κ2) is 4.08. The summed E-state index contributed by atoms with van der Waals surface area (Å²) in [5.41, 5.74) is 1.81. The molecule has 74 valence electrons. The molecule has 1 heterocycles. The largest absolute Gasteiger partial charge is 0.488 e. The van der Waals surface area contributed by atoms with Crippen LogP contribution in [0.2, 0.25) is 5.02 Å². The van der Waals surface area contributed by atoms with E-state index in [1.807, 2.05) is 12.1 Å². The molecular weight excluding hydrogens is 314 g/mol. The molecule has 0 bridgehead atoms. The maximum atomic E-state index is 9.24. The molecular formula is C10H8ClIO2. The number of hydrogen-bond acceptors (Lipinski definition) is 2. The van der Waals surface area contributed by atoms with Gasteiger partial charge in [0.25, 0.3) is 0 Å². The predicted octanol–water partition coefficient (Wildman–Crippen LogP) is 2.87. The van der Waals surface area contributed by atoms with E-state index in [0.29, 0.717) is 11.6 Å². The molecule has 0 aliphatic carbocycles. The third-order valence-corrected chi connectivity index (χ3v) is 3.30. The van der Waals surface area contributed by atoms with Gasteiger partial charge in [0.1, 0.15) is 12.4 Å². The van der Waals surface area contributed by atoms with Crippen LogP contribution in [0.25, 0.3) is 5.57 Å². The Balaban J connectivity index is 2.58. The molecule has 2 rings (SSSR count). The summed E-state index contributed by atoms with van der Waals surface area (Å²) in [4.78, 5) is 0. The minimum Gasteiger partial charge on any atom is -0.488 e. The maximum absolute atomic E-state index is 9.24. The normalized spacial score (nSPS) is 15.1. The van der Waals surface area contributed by atoms with E-state index in [4.69, 9.17) is 16.3 Å². The SMILES string of the molecule is OCC1=C(I)COc2ccc(Cl)cc21. The fourth-order valence-electron chi connectivity index (χ4n) is 1.41. The molecule has 0 unspecified atom stereocenters. The quantitative estimate of drug-likeness (QED) is 0.806. The van der Waals surface area contributed by atoms with Crippen LogP contribution in [0.15, 0.2) is 21.8 Å². The highest BCUT2D eigenvalue weighted by Gasteiger charge is 2.17. The molecule has 1 aliphatic heterocycles. The van der Waals surface area contributed by atoms with Gasteiger partial charge in [0, 0.05) is 19.7 Å². The van der Waals surface area contributed by atoms with Crippen molar-refractivity contribution in [3.8, 4) is 5.75 Å². The second-order valence-electron chi connectivity index (χ2n) is 2.97. The monoisotopic (exact) mass is 322 g/mol. The molecule has 1 N–H and O–H groups in total. The van der Waals surface area contributed by atoms with Crippen LogP contribution in [-0.2, 0) is 0 Å². The fourth-order valence-corrected chi connectivity index (χ4v) is 2.20. The maximum Gasteiger partial charge on any atom is 0.127 e. The molecule has 0 radical (unpaired) electrons. The van der Waals surface area contributed by atoms with Crippen LogP contribution in [-0.4, -0.2) is 18.3 Å². The first-order valence-corrected chi connectivity index (χ1v) is 5.59. The van der Waals surface area contributed by atoms with Crippen molar-refractivity contribution in [1.82, 2.24) is 0 Å². The van der Waals surface area contributed by atoms with E-state index in [0.717, 1.165) is 20.5 Å². The Hall–Kier alpha value is -0.260. The lowest BCUT2D eigenvalue weighted by Gasteiger charge is -2.20. The van der Waals surface area contributed by atoms with E-state index in [9.17, 15) is 5.11 Å². The number of ether oxygens (including phenoxy) is 1. The third kappa shape index (κ3) is 1.76. The zero-order valence-corrected chi connectivity index (χ0v) is 10.2. The molecule has 1 aromatic carbocycles. The van der Waals surface area contributed by atoms with Gasteiger partial charge in [-0.05, 0) is 40.8 Å². The first-order valence-electron chi connectivity index (χ1n) is 4.13. The van der Waals surface area contributed by atoms with E-state index in [1.54, 1.807) is 6.07 Å². The fraction of sp³-hybridized carbons (Fsp3) is 0.200. The van der Waals surface area contributed by atoms with Crippen LogP contribution in [0.5, 0.6) is 5.75 Å². The molecule has 0 spiro atoms. The van der Waals surface area contributed by atoms with E-state index < -0.39 is 0 Å². The van der Waals surface area contributed by atoms with Crippen LogP contribution < -0.4 is 4.74 Å². The van der Waals surface area contributed by atoms with Gasteiger partial charge in [0.2, 0.25) is 0 Å². The lowest BCUT2D eigenvalue weighted by atomic mass is 10.0. The standard InChI is InChI=1S/C10H8ClIO2/c11-6-1-2-10-7(3-6)8(4-13)9(12)5-14-10/h1-3,13H,4-5H2. The van der Waals surface area contributed by atoms with E-state index >= 15 is 0 Å². The lowest BCUT2D eigenvalue weighted by Crippen LogP contribution is -2.09. The Kier molecular flexibility index (Phi) is 2.99. The number of aliphatic hydroxyl groups excluding tert-OH is 1. The van der Waals surface area contributed by atoms with Gasteiger partial charge in [-0.3, -0.25) is 0 Å². The van der Waals surface area contributed by atoms with Gasteiger partial charge in [-0.15, -0.1) is 0 Å².